The summed E-state index contributed by atoms with van der Waals surface area (Å²) < 4.78 is 5.00. The number of rotatable bonds is 6. The molecule has 0 atom stereocenters. The Labute approximate surface area is 176 Å². The van der Waals surface area contributed by atoms with Crippen LogP contribution in [0.3, 0.4) is 0 Å². The Kier molecular flexibility index (Phi) is 7.38. The quantitative estimate of drug-likeness (QED) is 0.404. The number of hydrogen-bond acceptors (Lipinski definition) is 4. The Hall–Kier alpha value is -3.41. The Balaban J connectivity index is 1.54. The third-order valence-corrected chi connectivity index (χ3v) is 4.94. The lowest BCUT2D eigenvalue weighted by molar-refractivity contribution is -0.131. The van der Waals surface area contributed by atoms with Gasteiger partial charge in [0.25, 0.3) is 5.91 Å². The molecule has 2 amide bonds. The molecule has 1 saturated carbocycles. The molecule has 30 heavy (non-hydrogen) atoms. The number of esters is 1. The van der Waals surface area contributed by atoms with Crippen molar-refractivity contribution in [2.45, 2.75) is 39.0 Å². The maximum Gasteiger partial charge on any atom is 0.308 e. The Morgan fingerprint density at radius 3 is 2.27 bits per heavy atom. The molecular weight excluding hydrogens is 380 g/mol. The van der Waals surface area contributed by atoms with Gasteiger partial charge in [-0.25, -0.2) is 0 Å². The Bertz CT molecular complexity index is 928. The van der Waals surface area contributed by atoms with E-state index in [0.29, 0.717) is 28.6 Å². The highest BCUT2D eigenvalue weighted by atomic mass is 16.5. The first-order chi connectivity index (χ1) is 14.5. The first-order valence-corrected chi connectivity index (χ1v) is 10.2. The number of benzene rings is 2. The number of carbonyl (C=O) groups is 3. The first-order valence-electron chi connectivity index (χ1n) is 10.2. The van der Waals surface area contributed by atoms with Gasteiger partial charge < -0.3 is 15.4 Å². The van der Waals surface area contributed by atoms with Gasteiger partial charge in [-0.05, 0) is 67.3 Å². The zero-order valence-corrected chi connectivity index (χ0v) is 17.0. The monoisotopic (exact) mass is 406 g/mol. The van der Waals surface area contributed by atoms with Crippen molar-refractivity contribution >= 4 is 29.2 Å². The topological polar surface area (TPSA) is 84.5 Å². The zero-order chi connectivity index (χ0) is 21.3. The van der Waals surface area contributed by atoms with Gasteiger partial charge in [0, 0.05) is 23.9 Å². The van der Waals surface area contributed by atoms with E-state index in [9.17, 15) is 14.4 Å². The standard InChI is InChI=1S/C24H26N2O4/c1-17(27)30-22-9-5-8-19(16-22)24(29)26-21-13-11-20(12-14-21)25-23(28)15-10-18-6-3-2-4-7-18/h5,8-16,18H,2-4,6-7H2,1H3,(H,25,28)(H,26,29)/b15-10+. The third-order valence-electron chi connectivity index (χ3n) is 4.94. The summed E-state index contributed by atoms with van der Waals surface area (Å²) in [5.41, 5.74) is 1.62. The highest BCUT2D eigenvalue weighted by Gasteiger charge is 2.11. The van der Waals surface area contributed by atoms with E-state index in [1.807, 2.05) is 6.08 Å². The van der Waals surface area contributed by atoms with Crippen LogP contribution in [-0.4, -0.2) is 17.8 Å². The third kappa shape index (κ3) is 6.58. The molecule has 0 saturated heterocycles. The molecule has 0 aromatic heterocycles. The molecule has 0 radical (unpaired) electrons. The zero-order valence-electron chi connectivity index (χ0n) is 17.0. The number of nitrogens with one attached hydrogen (secondary N) is 2. The maximum atomic E-state index is 12.4. The molecule has 1 aliphatic carbocycles. The van der Waals surface area contributed by atoms with Crippen LogP contribution in [0.4, 0.5) is 11.4 Å². The number of amides is 2. The van der Waals surface area contributed by atoms with E-state index in [2.05, 4.69) is 10.6 Å². The molecule has 3 rings (SSSR count). The van der Waals surface area contributed by atoms with Crippen LogP contribution in [0.5, 0.6) is 5.75 Å². The van der Waals surface area contributed by atoms with Crippen molar-refractivity contribution < 1.29 is 19.1 Å². The van der Waals surface area contributed by atoms with Crippen molar-refractivity contribution in [2.75, 3.05) is 10.6 Å². The normalized spacial score (nSPS) is 14.3. The fraction of sp³-hybridized carbons (Fsp3) is 0.292. The maximum absolute atomic E-state index is 12.4. The van der Waals surface area contributed by atoms with Crippen LogP contribution >= 0.6 is 0 Å². The molecule has 2 aromatic rings. The van der Waals surface area contributed by atoms with Gasteiger partial charge in [0.1, 0.15) is 5.75 Å². The summed E-state index contributed by atoms with van der Waals surface area (Å²) in [6.45, 7) is 1.30. The molecule has 0 spiro atoms. The van der Waals surface area contributed by atoms with Crippen LogP contribution < -0.4 is 15.4 Å². The summed E-state index contributed by atoms with van der Waals surface area (Å²) in [6, 6.07) is 13.3. The fourth-order valence-electron chi connectivity index (χ4n) is 3.44. The summed E-state index contributed by atoms with van der Waals surface area (Å²) >= 11 is 0. The molecular formula is C24H26N2O4. The van der Waals surface area contributed by atoms with E-state index in [1.54, 1.807) is 48.5 Å². The molecule has 6 heteroatoms. The average Bonchev–Trinajstić information content (AvgIpc) is 2.74. The largest absolute Gasteiger partial charge is 0.427 e. The van der Waals surface area contributed by atoms with E-state index in [-0.39, 0.29) is 11.8 Å². The molecule has 6 nitrogen and oxygen atoms in total. The molecule has 0 aliphatic heterocycles. The minimum Gasteiger partial charge on any atom is -0.427 e. The van der Waals surface area contributed by atoms with Gasteiger partial charge in [-0.2, -0.15) is 0 Å². The van der Waals surface area contributed by atoms with E-state index in [1.165, 1.54) is 32.3 Å². The SMILES string of the molecule is CC(=O)Oc1cccc(C(=O)Nc2ccc(NC(=O)/C=C/C3CCCCC3)cc2)c1. The second kappa shape index (κ2) is 10.4. The first kappa shape index (κ1) is 21.3. The lowest BCUT2D eigenvalue weighted by Gasteiger charge is -2.17. The number of hydrogen-bond donors (Lipinski definition) is 2. The molecule has 156 valence electrons. The lowest BCUT2D eigenvalue weighted by atomic mass is 9.89. The molecule has 0 unspecified atom stereocenters. The number of anilines is 2. The van der Waals surface area contributed by atoms with Crippen molar-refractivity contribution in [1.29, 1.82) is 0 Å². The predicted octanol–water partition coefficient (Wildman–Crippen LogP) is 4.94. The molecule has 1 aliphatic rings. The second-order valence-electron chi connectivity index (χ2n) is 7.40. The van der Waals surface area contributed by atoms with E-state index in [0.717, 1.165) is 12.8 Å². The molecule has 0 heterocycles. The van der Waals surface area contributed by atoms with Crippen molar-refractivity contribution in [3.63, 3.8) is 0 Å². The van der Waals surface area contributed by atoms with Crippen LogP contribution in [0, 0.1) is 5.92 Å². The molecule has 2 N–H and O–H groups in total. The van der Waals surface area contributed by atoms with Crippen molar-refractivity contribution in [2.24, 2.45) is 5.92 Å². The smallest absolute Gasteiger partial charge is 0.308 e. The number of ether oxygens (including phenoxy) is 1. The Morgan fingerprint density at radius 1 is 0.933 bits per heavy atom. The minimum absolute atomic E-state index is 0.153. The van der Waals surface area contributed by atoms with Gasteiger partial charge >= 0.3 is 5.97 Å². The van der Waals surface area contributed by atoms with Crippen molar-refractivity contribution in [3.05, 3.63) is 66.2 Å². The number of allylic oxidation sites excluding steroid dienone is 1. The van der Waals surface area contributed by atoms with Gasteiger partial charge in [0.15, 0.2) is 0 Å². The summed E-state index contributed by atoms with van der Waals surface area (Å²) in [6.07, 6.45) is 9.69. The van der Waals surface area contributed by atoms with Gasteiger partial charge in [0.05, 0.1) is 0 Å². The highest BCUT2D eigenvalue weighted by Crippen LogP contribution is 2.24. The minimum atomic E-state index is -0.446. The van der Waals surface area contributed by atoms with Crippen LogP contribution in [-0.2, 0) is 9.59 Å². The van der Waals surface area contributed by atoms with Crippen LogP contribution in [0.1, 0.15) is 49.4 Å². The molecule has 0 bridgehead atoms. The van der Waals surface area contributed by atoms with Crippen LogP contribution in [0.2, 0.25) is 0 Å². The van der Waals surface area contributed by atoms with Gasteiger partial charge in [-0.3, -0.25) is 14.4 Å². The average molecular weight is 406 g/mol. The Morgan fingerprint density at radius 2 is 1.60 bits per heavy atom. The number of carbonyl (C=O) groups excluding carboxylic acids is 3. The highest BCUT2D eigenvalue weighted by molar-refractivity contribution is 6.05. The van der Waals surface area contributed by atoms with Crippen LogP contribution in [0.15, 0.2) is 60.7 Å². The van der Waals surface area contributed by atoms with Crippen molar-refractivity contribution in [1.82, 2.24) is 0 Å². The van der Waals surface area contributed by atoms with E-state index in [4.69, 9.17) is 4.74 Å². The van der Waals surface area contributed by atoms with Gasteiger partial charge in [-0.15, -0.1) is 0 Å². The van der Waals surface area contributed by atoms with Gasteiger partial charge in [-0.1, -0.05) is 31.4 Å². The summed E-state index contributed by atoms with van der Waals surface area (Å²) in [4.78, 5) is 35.6. The fourth-order valence-corrected chi connectivity index (χ4v) is 3.44. The van der Waals surface area contributed by atoms with Crippen molar-refractivity contribution in [3.8, 4) is 5.75 Å². The van der Waals surface area contributed by atoms with Crippen LogP contribution in [0.25, 0.3) is 0 Å². The summed E-state index contributed by atoms with van der Waals surface area (Å²) in [5.74, 6) is -0.106. The molecule has 1 fully saturated rings. The predicted molar refractivity (Wildman–Crippen MR) is 116 cm³/mol. The summed E-state index contributed by atoms with van der Waals surface area (Å²) in [7, 11) is 0. The van der Waals surface area contributed by atoms with E-state index >= 15 is 0 Å². The van der Waals surface area contributed by atoms with Gasteiger partial charge in [0.2, 0.25) is 5.91 Å². The van der Waals surface area contributed by atoms with E-state index < -0.39 is 5.97 Å². The second-order valence-corrected chi connectivity index (χ2v) is 7.40. The molecule has 2 aromatic carbocycles. The lowest BCUT2D eigenvalue weighted by Crippen LogP contribution is -2.13. The summed E-state index contributed by atoms with van der Waals surface area (Å²) in [5, 5.41) is 5.61.